The molecule has 11 heavy (non-hydrogen) atoms. The van der Waals surface area contributed by atoms with Crippen LogP contribution in [0.2, 0.25) is 0 Å². The minimum Gasteiger partial charge on any atom is -0.494 e. The van der Waals surface area contributed by atoms with Gasteiger partial charge in [0.05, 0.1) is 12.6 Å². The van der Waals surface area contributed by atoms with Crippen molar-refractivity contribution in [2.75, 3.05) is 13.1 Å². The third-order valence-corrected chi connectivity index (χ3v) is 2.45. The maximum absolute atomic E-state index is 5.75. The molecule has 0 saturated carbocycles. The van der Waals surface area contributed by atoms with E-state index < -0.39 is 0 Å². The van der Waals surface area contributed by atoms with Gasteiger partial charge >= 0.3 is 0 Å². The van der Waals surface area contributed by atoms with Crippen LogP contribution in [0.4, 0.5) is 0 Å². The standard InChI is InChI=1S/C9H15NO/c1-7-3-2-4-8-5-10-6-9(8)11-7/h7,10H,2-6H2,1H3. The van der Waals surface area contributed by atoms with E-state index in [0.29, 0.717) is 6.10 Å². The number of ether oxygens (including phenoxy) is 1. The molecule has 0 aromatic heterocycles. The van der Waals surface area contributed by atoms with Gasteiger partial charge in [0.25, 0.3) is 0 Å². The van der Waals surface area contributed by atoms with Gasteiger partial charge in [0, 0.05) is 6.54 Å². The predicted molar refractivity (Wildman–Crippen MR) is 44.3 cm³/mol. The largest absolute Gasteiger partial charge is 0.494 e. The van der Waals surface area contributed by atoms with Crippen LogP contribution in [0.5, 0.6) is 0 Å². The third-order valence-electron chi connectivity index (χ3n) is 2.45. The van der Waals surface area contributed by atoms with Crippen LogP contribution in [0.1, 0.15) is 26.2 Å². The summed E-state index contributed by atoms with van der Waals surface area (Å²) in [7, 11) is 0. The molecule has 62 valence electrons. The van der Waals surface area contributed by atoms with Gasteiger partial charge in [0.15, 0.2) is 0 Å². The van der Waals surface area contributed by atoms with Gasteiger partial charge in [-0.15, -0.1) is 0 Å². The van der Waals surface area contributed by atoms with E-state index in [1.807, 2.05) is 0 Å². The lowest BCUT2D eigenvalue weighted by Crippen LogP contribution is -2.13. The summed E-state index contributed by atoms with van der Waals surface area (Å²) in [6, 6.07) is 0. The molecule has 2 nitrogen and oxygen atoms in total. The Morgan fingerprint density at radius 2 is 2.36 bits per heavy atom. The molecule has 0 saturated heterocycles. The molecule has 2 heterocycles. The number of hydrogen-bond donors (Lipinski definition) is 1. The second-order valence-electron chi connectivity index (χ2n) is 3.45. The van der Waals surface area contributed by atoms with Gasteiger partial charge in [0.2, 0.25) is 0 Å². The zero-order valence-corrected chi connectivity index (χ0v) is 7.02. The van der Waals surface area contributed by atoms with E-state index in [1.165, 1.54) is 30.6 Å². The molecular formula is C9H15NO. The van der Waals surface area contributed by atoms with E-state index in [1.54, 1.807) is 0 Å². The first-order valence-corrected chi connectivity index (χ1v) is 4.44. The molecule has 1 atom stereocenters. The summed E-state index contributed by atoms with van der Waals surface area (Å²) in [6.07, 6.45) is 4.18. The smallest absolute Gasteiger partial charge is 0.111 e. The molecule has 2 heteroatoms. The van der Waals surface area contributed by atoms with Gasteiger partial charge in [-0.25, -0.2) is 0 Å². The summed E-state index contributed by atoms with van der Waals surface area (Å²) in [5, 5.41) is 3.31. The van der Waals surface area contributed by atoms with Gasteiger partial charge in [-0.1, -0.05) is 0 Å². The molecule has 1 unspecified atom stereocenters. The first-order valence-electron chi connectivity index (χ1n) is 4.44. The number of nitrogens with one attached hydrogen (secondary N) is 1. The van der Waals surface area contributed by atoms with Gasteiger partial charge in [-0.3, -0.25) is 0 Å². The maximum atomic E-state index is 5.75. The first-order chi connectivity index (χ1) is 5.36. The Bertz CT molecular complexity index is 186. The fraction of sp³-hybridized carbons (Fsp3) is 0.778. The lowest BCUT2D eigenvalue weighted by Gasteiger charge is -2.12. The van der Waals surface area contributed by atoms with Crippen molar-refractivity contribution in [1.82, 2.24) is 5.32 Å². The van der Waals surface area contributed by atoms with E-state index in [2.05, 4.69) is 12.2 Å². The Labute approximate surface area is 67.6 Å². The van der Waals surface area contributed by atoms with E-state index in [-0.39, 0.29) is 0 Å². The van der Waals surface area contributed by atoms with Crippen LogP contribution in [-0.2, 0) is 4.74 Å². The molecular weight excluding hydrogens is 138 g/mol. The van der Waals surface area contributed by atoms with Gasteiger partial charge in [-0.2, -0.15) is 0 Å². The third kappa shape index (κ3) is 1.41. The summed E-state index contributed by atoms with van der Waals surface area (Å²) in [5.74, 6) is 1.23. The maximum Gasteiger partial charge on any atom is 0.111 e. The van der Waals surface area contributed by atoms with Crippen LogP contribution in [0.25, 0.3) is 0 Å². The summed E-state index contributed by atoms with van der Waals surface area (Å²) < 4.78 is 5.75. The molecule has 0 radical (unpaired) electrons. The summed E-state index contributed by atoms with van der Waals surface area (Å²) in [6.45, 7) is 4.18. The highest BCUT2D eigenvalue weighted by Gasteiger charge is 2.20. The summed E-state index contributed by atoms with van der Waals surface area (Å²) >= 11 is 0. The Balaban J connectivity index is 2.11. The molecule has 0 amide bonds. The van der Waals surface area contributed by atoms with Crippen LogP contribution in [0, 0.1) is 0 Å². The van der Waals surface area contributed by atoms with Gasteiger partial charge in [-0.05, 0) is 31.8 Å². The minimum absolute atomic E-state index is 0.433. The van der Waals surface area contributed by atoms with E-state index in [4.69, 9.17) is 4.74 Å². The Morgan fingerprint density at radius 3 is 3.27 bits per heavy atom. The molecule has 1 N–H and O–H groups in total. The van der Waals surface area contributed by atoms with Crippen LogP contribution in [0.3, 0.4) is 0 Å². The molecule has 2 rings (SSSR count). The molecule has 0 fully saturated rings. The van der Waals surface area contributed by atoms with Crippen LogP contribution in [0.15, 0.2) is 11.3 Å². The molecule has 0 aromatic rings. The zero-order chi connectivity index (χ0) is 7.68. The summed E-state index contributed by atoms with van der Waals surface area (Å²) in [5.41, 5.74) is 1.51. The lowest BCUT2D eigenvalue weighted by atomic mass is 10.1. The van der Waals surface area contributed by atoms with Crippen molar-refractivity contribution in [1.29, 1.82) is 0 Å². The Hall–Kier alpha value is -0.500. The lowest BCUT2D eigenvalue weighted by molar-refractivity contribution is 0.126. The van der Waals surface area contributed by atoms with Crippen molar-refractivity contribution in [3.05, 3.63) is 11.3 Å². The van der Waals surface area contributed by atoms with Crippen LogP contribution < -0.4 is 5.32 Å². The van der Waals surface area contributed by atoms with Crippen molar-refractivity contribution in [2.24, 2.45) is 0 Å². The van der Waals surface area contributed by atoms with E-state index in [0.717, 1.165) is 13.1 Å². The highest BCUT2D eigenvalue weighted by Crippen LogP contribution is 2.24. The van der Waals surface area contributed by atoms with Crippen molar-refractivity contribution < 1.29 is 4.74 Å². The SMILES string of the molecule is CC1CCCC2=C(CNC2)O1. The fourth-order valence-corrected chi connectivity index (χ4v) is 1.81. The van der Waals surface area contributed by atoms with Gasteiger partial charge in [0.1, 0.15) is 5.76 Å². The van der Waals surface area contributed by atoms with Crippen molar-refractivity contribution in [2.45, 2.75) is 32.3 Å². The van der Waals surface area contributed by atoms with Crippen LogP contribution >= 0.6 is 0 Å². The molecule has 0 aliphatic carbocycles. The average molecular weight is 153 g/mol. The van der Waals surface area contributed by atoms with Crippen molar-refractivity contribution >= 4 is 0 Å². The molecule has 0 aromatic carbocycles. The van der Waals surface area contributed by atoms with Crippen molar-refractivity contribution in [3.8, 4) is 0 Å². The number of rotatable bonds is 0. The highest BCUT2D eigenvalue weighted by atomic mass is 16.5. The molecule has 0 bridgehead atoms. The fourth-order valence-electron chi connectivity index (χ4n) is 1.81. The minimum atomic E-state index is 0.433. The zero-order valence-electron chi connectivity index (χ0n) is 7.02. The first kappa shape index (κ1) is 7.17. The Morgan fingerprint density at radius 1 is 1.45 bits per heavy atom. The van der Waals surface area contributed by atoms with E-state index >= 15 is 0 Å². The average Bonchev–Trinajstić information content (AvgIpc) is 2.31. The van der Waals surface area contributed by atoms with E-state index in [9.17, 15) is 0 Å². The molecule has 2 aliphatic rings. The normalized spacial score (nSPS) is 31.2. The number of hydrogen-bond acceptors (Lipinski definition) is 2. The monoisotopic (exact) mass is 153 g/mol. The highest BCUT2D eigenvalue weighted by molar-refractivity contribution is 5.18. The van der Waals surface area contributed by atoms with Crippen LogP contribution in [-0.4, -0.2) is 19.2 Å². The Kier molecular flexibility index (Phi) is 1.86. The van der Waals surface area contributed by atoms with Gasteiger partial charge < -0.3 is 10.1 Å². The second-order valence-corrected chi connectivity index (χ2v) is 3.45. The molecule has 0 spiro atoms. The molecule has 2 aliphatic heterocycles. The van der Waals surface area contributed by atoms with Crippen molar-refractivity contribution in [3.63, 3.8) is 0 Å². The topological polar surface area (TPSA) is 21.3 Å². The quantitative estimate of drug-likeness (QED) is 0.568. The predicted octanol–water partition coefficient (Wildman–Crippen LogP) is 1.43. The second kappa shape index (κ2) is 2.86. The summed E-state index contributed by atoms with van der Waals surface area (Å²) in [4.78, 5) is 0.